The van der Waals surface area contributed by atoms with Crippen molar-refractivity contribution in [1.82, 2.24) is 14.9 Å². The van der Waals surface area contributed by atoms with Crippen LogP contribution in [0.15, 0.2) is 53.9 Å². The highest BCUT2D eigenvalue weighted by Gasteiger charge is 2.18. The molecule has 0 radical (unpaired) electrons. The lowest BCUT2D eigenvalue weighted by Gasteiger charge is -2.14. The predicted molar refractivity (Wildman–Crippen MR) is 120 cm³/mol. The van der Waals surface area contributed by atoms with Crippen molar-refractivity contribution in [2.45, 2.75) is 37.7 Å². The number of thioether (sulfide) groups is 1. The van der Waals surface area contributed by atoms with E-state index in [0.717, 1.165) is 16.4 Å². The van der Waals surface area contributed by atoms with Crippen LogP contribution in [0.2, 0.25) is 0 Å². The van der Waals surface area contributed by atoms with Crippen LogP contribution in [0.3, 0.4) is 0 Å². The summed E-state index contributed by atoms with van der Waals surface area (Å²) in [6.45, 7) is 6.48. The Labute approximate surface area is 181 Å². The molecule has 6 nitrogen and oxygen atoms in total. The molecule has 158 valence electrons. The Kier molecular flexibility index (Phi) is 7.05. The number of carbonyl (C=O) groups is 1. The number of nitrogens with one attached hydrogen (secondary N) is 1. The molecular weight excluding hydrogens is 398 g/mol. The topological polar surface area (TPSA) is 65.4 Å². The Morgan fingerprint density at radius 1 is 1.10 bits per heavy atom. The second-order valence-corrected chi connectivity index (χ2v) is 8.32. The van der Waals surface area contributed by atoms with E-state index < -0.39 is 0 Å². The van der Waals surface area contributed by atoms with Crippen molar-refractivity contribution in [3.8, 4) is 17.2 Å². The number of carbonyl (C=O) groups excluding carboxylic acids is 1. The number of rotatable bonds is 8. The zero-order chi connectivity index (χ0) is 21.7. The number of ether oxygens (including phenoxy) is 2. The summed E-state index contributed by atoms with van der Waals surface area (Å²) in [6.07, 6.45) is 3.67. The number of imidazole rings is 1. The number of hydrogen-bond acceptors (Lipinski definition) is 5. The molecule has 7 heteroatoms. The molecule has 0 bridgehead atoms. The number of aromatic nitrogens is 2. The molecular formula is C23H27N3O3S. The van der Waals surface area contributed by atoms with Crippen LogP contribution in [0, 0.1) is 13.8 Å². The highest BCUT2D eigenvalue weighted by molar-refractivity contribution is 8.00. The number of methoxy groups -OCH3 is 2. The van der Waals surface area contributed by atoms with Crippen LogP contribution < -0.4 is 14.8 Å². The molecule has 0 spiro atoms. The third kappa shape index (κ3) is 4.97. The lowest BCUT2D eigenvalue weighted by Crippen LogP contribution is -2.30. The van der Waals surface area contributed by atoms with E-state index in [9.17, 15) is 4.79 Å². The van der Waals surface area contributed by atoms with Gasteiger partial charge in [0.15, 0.2) is 16.7 Å². The minimum absolute atomic E-state index is 0.0515. The summed E-state index contributed by atoms with van der Waals surface area (Å²) in [4.78, 5) is 17.1. The number of nitrogens with zero attached hydrogens (tertiary/aromatic N) is 2. The van der Waals surface area contributed by atoms with Crippen molar-refractivity contribution in [2.75, 3.05) is 14.2 Å². The first-order valence-electron chi connectivity index (χ1n) is 9.69. The molecule has 0 fully saturated rings. The summed E-state index contributed by atoms with van der Waals surface area (Å²) in [6, 6.07) is 11.9. The monoisotopic (exact) mass is 425 g/mol. The van der Waals surface area contributed by atoms with E-state index in [1.807, 2.05) is 35.9 Å². The standard InChI is InChI=1S/C23H27N3O3S/c1-15-6-8-19(12-16(15)2)26-11-10-24-23(26)30-17(3)22(27)25-14-18-7-9-20(28-4)21(13-18)29-5/h6-13,17H,14H2,1-5H3,(H,25,27). The average molecular weight is 426 g/mol. The number of hydrogen-bond donors (Lipinski definition) is 1. The van der Waals surface area contributed by atoms with Gasteiger partial charge in [0.05, 0.1) is 19.5 Å². The predicted octanol–water partition coefficient (Wildman–Crippen LogP) is 4.30. The summed E-state index contributed by atoms with van der Waals surface area (Å²) in [5, 5.41) is 3.47. The molecule has 3 rings (SSSR count). The van der Waals surface area contributed by atoms with Crippen molar-refractivity contribution in [3.05, 3.63) is 65.5 Å². The van der Waals surface area contributed by atoms with Crippen LogP contribution in [0.5, 0.6) is 11.5 Å². The van der Waals surface area contributed by atoms with Gasteiger partial charge in [-0.2, -0.15) is 0 Å². The SMILES string of the molecule is COc1ccc(CNC(=O)C(C)Sc2nccn2-c2ccc(C)c(C)c2)cc1OC. The zero-order valence-electron chi connectivity index (χ0n) is 17.9. The molecule has 1 aromatic heterocycles. The molecule has 1 unspecified atom stereocenters. The Balaban J connectivity index is 1.64. The van der Waals surface area contributed by atoms with Gasteiger partial charge in [0.1, 0.15) is 0 Å². The first-order chi connectivity index (χ1) is 14.4. The molecule has 0 aliphatic carbocycles. The minimum atomic E-state index is -0.294. The van der Waals surface area contributed by atoms with Gasteiger partial charge in [-0.05, 0) is 61.7 Å². The summed E-state index contributed by atoms with van der Waals surface area (Å²) < 4.78 is 12.6. The molecule has 0 aliphatic rings. The molecule has 1 N–H and O–H groups in total. The average Bonchev–Trinajstić information content (AvgIpc) is 3.21. The van der Waals surface area contributed by atoms with Gasteiger partial charge in [0.2, 0.25) is 5.91 Å². The molecule has 0 aliphatic heterocycles. The van der Waals surface area contributed by atoms with Crippen LogP contribution in [-0.2, 0) is 11.3 Å². The zero-order valence-corrected chi connectivity index (χ0v) is 18.7. The maximum Gasteiger partial charge on any atom is 0.233 e. The summed E-state index contributed by atoms with van der Waals surface area (Å²) >= 11 is 1.43. The molecule has 3 aromatic rings. The van der Waals surface area contributed by atoms with Gasteiger partial charge >= 0.3 is 0 Å². The Hall–Kier alpha value is -2.93. The normalized spacial score (nSPS) is 11.8. The van der Waals surface area contributed by atoms with Crippen LogP contribution in [0.1, 0.15) is 23.6 Å². The Morgan fingerprint density at radius 3 is 2.57 bits per heavy atom. The fraction of sp³-hybridized carbons (Fsp3) is 0.304. The number of aryl methyl sites for hydroxylation is 2. The van der Waals surface area contributed by atoms with Crippen molar-refractivity contribution in [2.24, 2.45) is 0 Å². The maximum absolute atomic E-state index is 12.6. The van der Waals surface area contributed by atoms with Crippen molar-refractivity contribution < 1.29 is 14.3 Å². The molecule has 0 saturated carbocycles. The van der Waals surface area contributed by atoms with Crippen LogP contribution in [-0.4, -0.2) is 34.9 Å². The fourth-order valence-corrected chi connectivity index (χ4v) is 3.89. The van der Waals surface area contributed by atoms with E-state index in [4.69, 9.17) is 9.47 Å². The molecule has 2 aromatic carbocycles. The molecule has 1 amide bonds. The first kappa shape index (κ1) is 21.8. The third-order valence-corrected chi connectivity index (χ3v) is 6.02. The minimum Gasteiger partial charge on any atom is -0.493 e. The van der Waals surface area contributed by atoms with Crippen LogP contribution in [0.4, 0.5) is 0 Å². The Bertz CT molecular complexity index is 1030. The van der Waals surface area contributed by atoms with Crippen LogP contribution >= 0.6 is 11.8 Å². The molecule has 0 saturated heterocycles. The summed E-state index contributed by atoms with van der Waals surface area (Å²) in [5.41, 5.74) is 4.44. The second-order valence-electron chi connectivity index (χ2n) is 7.02. The van der Waals surface area contributed by atoms with Gasteiger partial charge in [-0.15, -0.1) is 0 Å². The molecule has 1 heterocycles. The summed E-state index contributed by atoms with van der Waals surface area (Å²) in [5.74, 6) is 1.25. The summed E-state index contributed by atoms with van der Waals surface area (Å²) in [7, 11) is 3.19. The van der Waals surface area contributed by atoms with Crippen molar-refractivity contribution in [1.29, 1.82) is 0 Å². The fourth-order valence-electron chi connectivity index (χ4n) is 2.98. The number of benzene rings is 2. The van der Waals surface area contributed by atoms with E-state index in [1.165, 1.54) is 22.9 Å². The Morgan fingerprint density at radius 2 is 1.87 bits per heavy atom. The van der Waals surface area contributed by atoms with Gasteiger partial charge in [-0.25, -0.2) is 4.98 Å². The van der Waals surface area contributed by atoms with Gasteiger partial charge in [0.25, 0.3) is 0 Å². The molecule has 30 heavy (non-hydrogen) atoms. The van der Waals surface area contributed by atoms with Crippen LogP contribution in [0.25, 0.3) is 5.69 Å². The van der Waals surface area contributed by atoms with E-state index in [1.54, 1.807) is 20.4 Å². The molecule has 1 atom stereocenters. The highest BCUT2D eigenvalue weighted by Crippen LogP contribution is 2.28. The largest absolute Gasteiger partial charge is 0.493 e. The first-order valence-corrected chi connectivity index (χ1v) is 10.6. The van der Waals surface area contributed by atoms with Gasteiger partial charge in [0, 0.05) is 24.6 Å². The van der Waals surface area contributed by atoms with Crippen molar-refractivity contribution >= 4 is 17.7 Å². The second kappa shape index (κ2) is 9.71. The number of amides is 1. The maximum atomic E-state index is 12.6. The van der Waals surface area contributed by atoms with Gasteiger partial charge in [-0.1, -0.05) is 23.9 Å². The smallest absolute Gasteiger partial charge is 0.233 e. The van der Waals surface area contributed by atoms with Crippen molar-refractivity contribution in [3.63, 3.8) is 0 Å². The lowest BCUT2D eigenvalue weighted by molar-refractivity contribution is -0.120. The van der Waals surface area contributed by atoms with Gasteiger partial charge < -0.3 is 14.8 Å². The van der Waals surface area contributed by atoms with E-state index in [-0.39, 0.29) is 11.2 Å². The van der Waals surface area contributed by atoms with Gasteiger partial charge in [-0.3, -0.25) is 9.36 Å². The third-order valence-electron chi connectivity index (χ3n) is 4.94. The highest BCUT2D eigenvalue weighted by atomic mass is 32.2. The van der Waals surface area contributed by atoms with E-state index >= 15 is 0 Å². The van der Waals surface area contributed by atoms with E-state index in [2.05, 4.69) is 42.3 Å². The quantitative estimate of drug-likeness (QED) is 0.545. The lowest BCUT2D eigenvalue weighted by atomic mass is 10.1. The van der Waals surface area contributed by atoms with E-state index in [0.29, 0.717) is 18.0 Å².